The van der Waals surface area contributed by atoms with E-state index >= 15 is 0 Å². The normalized spacial score (nSPS) is 22.0. The molecule has 0 heterocycles. The Bertz CT molecular complexity index is 677. The van der Waals surface area contributed by atoms with Gasteiger partial charge in [0.15, 0.2) is 0 Å². The van der Waals surface area contributed by atoms with Crippen molar-refractivity contribution in [3.8, 4) is 0 Å². The Morgan fingerprint density at radius 2 is 0.533 bits per heavy atom. The van der Waals surface area contributed by atoms with Gasteiger partial charge in [0.05, 0.1) is 0 Å². The minimum absolute atomic E-state index is 0.563. The Kier molecular flexibility index (Phi) is 25.2. The summed E-state index contributed by atoms with van der Waals surface area (Å²) in [7, 11) is -2.91. The zero-order valence-corrected chi connectivity index (χ0v) is 36.2. The average Bonchev–Trinajstić information content (AvgIpc) is 2.94. The van der Waals surface area contributed by atoms with Crippen LogP contribution in [0.4, 0.5) is 0 Å². The van der Waals surface area contributed by atoms with E-state index in [1.54, 1.807) is 0 Å². The maximum atomic E-state index is 4.18. The zero-order chi connectivity index (χ0) is 34.3. The summed E-state index contributed by atoms with van der Waals surface area (Å²) >= 11 is 0. The molecule has 0 fully saturated rings. The quantitative estimate of drug-likeness (QED) is 0.0606. The van der Waals surface area contributed by atoms with Gasteiger partial charge in [-0.2, -0.15) is 0 Å². The Morgan fingerprint density at radius 3 is 0.689 bits per heavy atom. The first-order valence-corrected chi connectivity index (χ1v) is 30.8. The van der Waals surface area contributed by atoms with Gasteiger partial charge in [-0.15, -0.1) is 26.3 Å². The van der Waals surface area contributed by atoms with Gasteiger partial charge in [0.1, 0.15) is 0 Å². The predicted molar refractivity (Wildman–Crippen MR) is 240 cm³/mol. The van der Waals surface area contributed by atoms with Gasteiger partial charge in [0.2, 0.25) is 0 Å². The van der Waals surface area contributed by atoms with Crippen molar-refractivity contribution in [1.82, 2.24) is 0 Å². The van der Waals surface area contributed by atoms with Crippen LogP contribution in [0.15, 0.2) is 50.6 Å². The van der Waals surface area contributed by atoms with E-state index in [4.69, 9.17) is 0 Å². The van der Waals surface area contributed by atoms with Crippen LogP contribution in [-0.4, -0.2) is 117 Å². The summed E-state index contributed by atoms with van der Waals surface area (Å²) in [5.41, 5.74) is 0. The minimum Gasteiger partial charge on any atom is -0.241 e. The van der Waals surface area contributed by atoms with Crippen LogP contribution in [0, 0.1) is 0 Å². The van der Waals surface area contributed by atoms with Gasteiger partial charge in [0, 0.05) is 0 Å². The first-order valence-electron chi connectivity index (χ1n) is 18.3. The molecule has 0 bridgehead atoms. The maximum Gasteiger partial charge on any atom is -0.00514 e. The molecule has 0 aliphatic heterocycles. The number of rotatable bonds is 32. The Labute approximate surface area is 295 Å². The smallest absolute Gasteiger partial charge is 0.00514 e. The molecule has 274 valence electrons. The van der Waals surface area contributed by atoms with Crippen molar-refractivity contribution in [2.45, 2.75) is 79.1 Å². The molecule has 0 aliphatic rings. The van der Waals surface area contributed by atoms with E-state index in [1.165, 1.54) is 143 Å². The molecule has 0 saturated carbocycles. The van der Waals surface area contributed by atoms with Crippen LogP contribution >= 0.6 is 50.1 Å². The lowest BCUT2D eigenvalue weighted by atomic mass is 10.5. The van der Waals surface area contributed by atoms with Crippen LogP contribution in [0.2, 0.25) is 0 Å². The van der Waals surface area contributed by atoms with Gasteiger partial charge in [0.25, 0.3) is 0 Å². The first kappa shape index (κ1) is 45.7. The van der Waals surface area contributed by atoms with E-state index in [0.29, 0.717) is 0 Å². The molecule has 0 spiro atoms. The molecule has 0 aromatic carbocycles. The highest BCUT2D eigenvalue weighted by Crippen LogP contribution is 2.57. The van der Waals surface area contributed by atoms with Crippen LogP contribution in [0.3, 0.4) is 0 Å². The van der Waals surface area contributed by atoms with Crippen LogP contribution in [-0.2, 0) is 0 Å². The van der Waals surface area contributed by atoms with Crippen LogP contribution < -0.4 is 0 Å². The average molecular weight is 725 g/mol. The van der Waals surface area contributed by atoms with Gasteiger partial charge in [-0.25, -0.2) is 50.1 Å². The van der Waals surface area contributed by atoms with Crippen molar-refractivity contribution in [2.75, 3.05) is 117 Å². The van der Waals surface area contributed by atoms with E-state index < -0.39 is 50.1 Å². The molecule has 4 unspecified atom stereocenters. The molecule has 0 amide bonds. The third-order valence-corrected chi connectivity index (χ3v) is 29.2. The molecule has 0 saturated heterocycles. The monoisotopic (exact) mass is 725 g/mol. The van der Waals surface area contributed by atoms with Gasteiger partial charge >= 0.3 is 0 Å². The third kappa shape index (κ3) is 19.5. The number of hydrogen-bond acceptors (Lipinski definition) is 0. The van der Waals surface area contributed by atoms with Gasteiger partial charge in [-0.1, -0.05) is 52.0 Å². The van der Waals surface area contributed by atoms with Gasteiger partial charge in [-0.05, 0) is 168 Å². The maximum absolute atomic E-state index is 4.18. The second-order valence-corrected chi connectivity index (χ2v) is 35.3. The summed E-state index contributed by atoms with van der Waals surface area (Å²) in [5.74, 6) is 22.6. The van der Waals surface area contributed by atoms with E-state index in [2.05, 4.69) is 103 Å². The molecular formula is C40H84S5. The lowest BCUT2D eigenvalue weighted by molar-refractivity contribution is 0.982. The molecule has 4 atom stereocenters. The van der Waals surface area contributed by atoms with Crippen molar-refractivity contribution in [3.05, 3.63) is 50.6 Å². The Balaban J connectivity index is 6.30. The molecular weight excluding hydrogens is 641 g/mol. The standard InChI is InChI=1S/C40H84S5/c1-13-25-41(9,26-14-2)33-21-37-45(38-22-34-42(10,27-15-3)28-16-4,39-23-35-43(11,29-17-5)30-18-6)40-24-36-44(12,31-19-7)32-20-8/h13,15,17,19H,1,3,5,7,14,16,18,20-40H2,2,4,6,8-12H3. The topological polar surface area (TPSA) is 0 Å². The molecule has 0 aromatic heterocycles. The van der Waals surface area contributed by atoms with Gasteiger partial charge < -0.3 is 0 Å². The summed E-state index contributed by atoms with van der Waals surface area (Å²) in [6, 6.07) is 0. The lowest BCUT2D eigenvalue weighted by Crippen LogP contribution is -2.24. The fraction of sp³-hybridized carbons (Fsp3) is 0.800. The van der Waals surface area contributed by atoms with Crippen molar-refractivity contribution >= 4 is 50.1 Å². The molecule has 0 rings (SSSR count). The molecule has 5 heteroatoms. The number of hydrogen-bond donors (Lipinski definition) is 0. The summed E-state index contributed by atoms with van der Waals surface area (Å²) in [5, 5.41) is 0. The van der Waals surface area contributed by atoms with Crippen molar-refractivity contribution in [2.24, 2.45) is 0 Å². The summed E-state index contributed by atoms with van der Waals surface area (Å²) in [6.45, 7) is 26.3. The highest BCUT2D eigenvalue weighted by molar-refractivity contribution is 8.35. The van der Waals surface area contributed by atoms with E-state index in [1.807, 2.05) is 0 Å². The Hall–Kier alpha value is 0.710. The second-order valence-electron chi connectivity index (χ2n) is 14.8. The third-order valence-electron chi connectivity index (χ3n) is 9.73. The highest BCUT2D eigenvalue weighted by Gasteiger charge is 2.28. The fourth-order valence-corrected chi connectivity index (χ4v) is 24.4. The van der Waals surface area contributed by atoms with Crippen molar-refractivity contribution < 1.29 is 0 Å². The summed E-state index contributed by atoms with van der Waals surface area (Å²) in [6.07, 6.45) is 30.6. The fourth-order valence-electron chi connectivity index (χ4n) is 7.65. The molecule has 45 heavy (non-hydrogen) atoms. The largest absolute Gasteiger partial charge is 0.241 e. The Morgan fingerprint density at radius 1 is 0.333 bits per heavy atom. The molecule has 0 N–H and O–H groups in total. The highest BCUT2D eigenvalue weighted by atomic mass is 32.3. The van der Waals surface area contributed by atoms with Crippen molar-refractivity contribution in [1.29, 1.82) is 0 Å². The van der Waals surface area contributed by atoms with E-state index in [9.17, 15) is 0 Å². The van der Waals surface area contributed by atoms with Crippen LogP contribution in [0.25, 0.3) is 0 Å². The summed E-state index contributed by atoms with van der Waals surface area (Å²) in [4.78, 5) is 0. The zero-order valence-electron chi connectivity index (χ0n) is 32.1. The second kappa shape index (κ2) is 24.8. The summed E-state index contributed by atoms with van der Waals surface area (Å²) < 4.78 is 0. The van der Waals surface area contributed by atoms with E-state index in [0.717, 1.165) is 0 Å². The minimum atomic E-state index is -0.656. The van der Waals surface area contributed by atoms with Crippen LogP contribution in [0.1, 0.15) is 79.1 Å². The molecule has 0 aromatic rings. The molecule has 0 aliphatic carbocycles. The molecule has 0 nitrogen and oxygen atoms in total. The predicted octanol–water partition coefficient (Wildman–Crippen LogP) is 12.5. The van der Waals surface area contributed by atoms with Crippen molar-refractivity contribution in [3.63, 3.8) is 0 Å². The molecule has 0 radical (unpaired) electrons. The van der Waals surface area contributed by atoms with Crippen LogP contribution in [0.5, 0.6) is 0 Å². The van der Waals surface area contributed by atoms with E-state index in [-0.39, 0.29) is 0 Å². The van der Waals surface area contributed by atoms with Gasteiger partial charge in [-0.3, -0.25) is 0 Å². The SMILES string of the molecule is C=CCS(C)(CCC)CCCS(CCCS(C)(CC=C)CCC)(CCCS(C)(CC=C)CCC)CCCS(C)(CC=C)CCC. The lowest BCUT2D eigenvalue weighted by Gasteiger charge is -2.46. The first-order chi connectivity index (χ1) is 21.3.